The molecule has 0 radical (unpaired) electrons. The Morgan fingerprint density at radius 3 is 2.12 bits per heavy atom. The predicted molar refractivity (Wildman–Crippen MR) is 72.0 cm³/mol. The fourth-order valence-corrected chi connectivity index (χ4v) is 3.93. The van der Waals surface area contributed by atoms with Crippen molar-refractivity contribution in [2.45, 2.75) is 38.8 Å². The number of hydrogen-bond acceptors (Lipinski definition) is 5. The van der Waals surface area contributed by atoms with E-state index >= 15 is 0 Å². The average Bonchev–Trinajstić information content (AvgIpc) is 2.25. The van der Waals surface area contributed by atoms with Crippen molar-refractivity contribution in [3.63, 3.8) is 0 Å². The van der Waals surface area contributed by atoms with Crippen molar-refractivity contribution in [2.75, 3.05) is 33.9 Å². The van der Waals surface area contributed by atoms with Crippen molar-refractivity contribution in [3.8, 4) is 0 Å². The summed E-state index contributed by atoms with van der Waals surface area (Å²) >= 11 is 0. The highest BCUT2D eigenvalue weighted by Crippen LogP contribution is 2.22. The van der Waals surface area contributed by atoms with Crippen LogP contribution in [0.25, 0.3) is 0 Å². The molecule has 0 atom stereocenters. The molecular weight excluding hydrogens is 236 g/mol. The molecule has 0 fully saturated rings. The molecule has 0 aromatic rings. The minimum atomic E-state index is -2.51. The minimum Gasteiger partial charge on any atom is -0.377 e. The molecule has 6 heteroatoms. The van der Waals surface area contributed by atoms with Gasteiger partial charge in [0.15, 0.2) is 0 Å². The largest absolute Gasteiger partial charge is 0.500 e. The Morgan fingerprint density at radius 2 is 1.71 bits per heavy atom. The Labute approximate surface area is 106 Å². The van der Waals surface area contributed by atoms with E-state index in [1.165, 1.54) is 0 Å². The number of hydrogen-bond donors (Lipinski definition) is 2. The number of nitrogens with one attached hydrogen (secondary N) is 1. The highest BCUT2D eigenvalue weighted by atomic mass is 28.4. The van der Waals surface area contributed by atoms with E-state index in [-0.39, 0.29) is 5.60 Å². The van der Waals surface area contributed by atoms with Crippen LogP contribution in [0.2, 0.25) is 6.04 Å². The van der Waals surface area contributed by atoms with Gasteiger partial charge in [0.2, 0.25) is 0 Å². The highest BCUT2D eigenvalue weighted by Gasteiger charge is 2.41. The standard InChI is InChI=1S/C11H28N2O3Si/c1-11(2,3)16-17(14-4,15-5)10-6-8-13-9-7-12/h13H,6-10,12H2,1-5H3. The molecule has 0 aliphatic carbocycles. The Morgan fingerprint density at radius 1 is 1.12 bits per heavy atom. The summed E-state index contributed by atoms with van der Waals surface area (Å²) in [6.45, 7) is 8.45. The highest BCUT2D eigenvalue weighted by molar-refractivity contribution is 6.60. The maximum absolute atomic E-state index is 5.97. The van der Waals surface area contributed by atoms with Crippen LogP contribution in [0, 0.1) is 0 Å². The number of nitrogens with two attached hydrogens (primary N) is 1. The molecule has 0 unspecified atom stereocenters. The summed E-state index contributed by atoms with van der Waals surface area (Å²) in [5, 5.41) is 3.25. The van der Waals surface area contributed by atoms with Crippen LogP contribution in [-0.2, 0) is 13.3 Å². The Hall–Kier alpha value is 0.0169. The fourth-order valence-electron chi connectivity index (χ4n) is 1.55. The first kappa shape index (κ1) is 17.0. The Bertz CT molecular complexity index is 194. The van der Waals surface area contributed by atoms with Gasteiger partial charge in [-0.25, -0.2) is 0 Å². The van der Waals surface area contributed by atoms with Gasteiger partial charge in [-0.1, -0.05) is 0 Å². The van der Waals surface area contributed by atoms with Gasteiger partial charge in [0.1, 0.15) is 0 Å². The molecule has 5 nitrogen and oxygen atoms in total. The predicted octanol–water partition coefficient (Wildman–Crippen LogP) is 0.972. The van der Waals surface area contributed by atoms with Crippen LogP contribution in [0.15, 0.2) is 0 Å². The van der Waals surface area contributed by atoms with E-state index in [0.717, 1.165) is 25.6 Å². The quantitative estimate of drug-likeness (QED) is 0.480. The molecule has 0 bridgehead atoms. The SMILES string of the molecule is CO[Si](CCCNCCN)(OC)OC(C)(C)C. The second kappa shape index (κ2) is 8.18. The van der Waals surface area contributed by atoms with Crippen molar-refractivity contribution in [3.05, 3.63) is 0 Å². The molecule has 0 rings (SSSR count). The van der Waals surface area contributed by atoms with Gasteiger partial charge in [0.25, 0.3) is 0 Å². The third-order valence-electron chi connectivity index (χ3n) is 2.24. The zero-order valence-corrected chi connectivity index (χ0v) is 12.8. The summed E-state index contributed by atoms with van der Waals surface area (Å²) in [6, 6.07) is 0.814. The molecule has 0 amide bonds. The van der Waals surface area contributed by atoms with Crippen molar-refractivity contribution >= 4 is 8.80 Å². The lowest BCUT2D eigenvalue weighted by Gasteiger charge is -2.33. The smallest absolute Gasteiger partial charge is 0.377 e. The summed E-state index contributed by atoms with van der Waals surface area (Å²) in [4.78, 5) is 0. The maximum atomic E-state index is 5.97. The van der Waals surface area contributed by atoms with Gasteiger partial charge < -0.3 is 24.3 Å². The molecule has 0 spiro atoms. The van der Waals surface area contributed by atoms with E-state index < -0.39 is 8.80 Å². The first-order valence-corrected chi connectivity index (χ1v) is 8.03. The summed E-state index contributed by atoms with van der Waals surface area (Å²) in [6.07, 6.45) is 0.962. The summed E-state index contributed by atoms with van der Waals surface area (Å²) in [5.74, 6) is 0. The normalized spacial score (nSPS) is 13.1. The second-order valence-corrected chi connectivity index (χ2v) is 7.83. The zero-order valence-electron chi connectivity index (χ0n) is 11.8. The fraction of sp³-hybridized carbons (Fsp3) is 1.00. The molecule has 0 aromatic heterocycles. The average molecular weight is 264 g/mol. The first-order chi connectivity index (χ1) is 7.89. The van der Waals surface area contributed by atoms with Crippen LogP contribution in [0.4, 0.5) is 0 Å². The molecule has 0 aliphatic heterocycles. The van der Waals surface area contributed by atoms with Crippen molar-refractivity contribution in [2.24, 2.45) is 5.73 Å². The van der Waals surface area contributed by atoms with Crippen LogP contribution in [0.3, 0.4) is 0 Å². The summed E-state index contributed by atoms with van der Waals surface area (Å²) in [7, 11) is 0.813. The molecule has 3 N–H and O–H groups in total. The van der Waals surface area contributed by atoms with Crippen LogP contribution < -0.4 is 11.1 Å². The zero-order chi connectivity index (χ0) is 13.4. The lowest BCUT2D eigenvalue weighted by Crippen LogP contribution is -2.49. The third-order valence-corrected chi connectivity index (χ3v) is 5.37. The van der Waals surface area contributed by atoms with E-state index in [9.17, 15) is 0 Å². The monoisotopic (exact) mass is 264 g/mol. The van der Waals surface area contributed by atoms with Gasteiger partial charge in [-0.3, -0.25) is 0 Å². The lowest BCUT2D eigenvalue weighted by molar-refractivity contribution is 0.0162. The lowest BCUT2D eigenvalue weighted by atomic mass is 10.2. The third kappa shape index (κ3) is 7.85. The van der Waals surface area contributed by atoms with Crippen LogP contribution in [0.5, 0.6) is 0 Å². The molecule has 0 aliphatic rings. The molecule has 0 heterocycles. The molecular formula is C11H28N2O3Si. The second-order valence-electron chi connectivity index (χ2n) is 4.95. The minimum absolute atomic E-state index is 0.247. The van der Waals surface area contributed by atoms with Crippen molar-refractivity contribution in [1.29, 1.82) is 0 Å². The van der Waals surface area contributed by atoms with Crippen LogP contribution in [-0.4, -0.2) is 48.3 Å². The molecule has 0 saturated heterocycles. The first-order valence-electron chi connectivity index (χ1n) is 6.10. The van der Waals surface area contributed by atoms with Gasteiger partial charge >= 0.3 is 8.80 Å². The van der Waals surface area contributed by atoms with E-state index in [2.05, 4.69) is 5.32 Å². The molecule has 17 heavy (non-hydrogen) atoms. The van der Waals surface area contributed by atoms with E-state index in [1.807, 2.05) is 20.8 Å². The Balaban J connectivity index is 4.12. The molecule has 0 aromatic carbocycles. The topological polar surface area (TPSA) is 65.7 Å². The van der Waals surface area contributed by atoms with E-state index in [0.29, 0.717) is 6.54 Å². The summed E-state index contributed by atoms with van der Waals surface area (Å²) < 4.78 is 17.0. The van der Waals surface area contributed by atoms with Gasteiger partial charge in [-0.15, -0.1) is 0 Å². The van der Waals surface area contributed by atoms with E-state index in [4.69, 9.17) is 19.0 Å². The van der Waals surface area contributed by atoms with Gasteiger partial charge in [-0.05, 0) is 33.7 Å². The van der Waals surface area contributed by atoms with Gasteiger partial charge in [0.05, 0.1) is 5.60 Å². The van der Waals surface area contributed by atoms with Crippen molar-refractivity contribution < 1.29 is 13.3 Å². The van der Waals surface area contributed by atoms with E-state index in [1.54, 1.807) is 14.2 Å². The van der Waals surface area contributed by atoms with Gasteiger partial charge in [-0.2, -0.15) is 0 Å². The van der Waals surface area contributed by atoms with Crippen molar-refractivity contribution in [1.82, 2.24) is 5.32 Å². The number of rotatable bonds is 9. The maximum Gasteiger partial charge on any atom is 0.500 e. The molecule has 0 saturated carbocycles. The molecule has 104 valence electrons. The van der Waals surface area contributed by atoms with Gasteiger partial charge in [0, 0.05) is 33.4 Å². The Kier molecular flexibility index (Phi) is 8.19. The van der Waals surface area contributed by atoms with Crippen LogP contribution >= 0.6 is 0 Å². The summed E-state index contributed by atoms with van der Waals surface area (Å²) in [5.41, 5.74) is 5.16. The van der Waals surface area contributed by atoms with Crippen LogP contribution in [0.1, 0.15) is 27.2 Å².